The largest absolute Gasteiger partial charge is 0.312 e. The Morgan fingerprint density at radius 1 is 0.727 bits per heavy atom. The molecule has 1 nitrogen and oxygen atoms in total. The molecule has 0 amide bonds. The van der Waals surface area contributed by atoms with E-state index in [-0.39, 0.29) is 0 Å². The van der Waals surface area contributed by atoms with E-state index in [2.05, 4.69) is 27.7 Å². The molecule has 1 heteroatoms. The fourth-order valence-electron chi connectivity index (χ4n) is 0. The molecule has 0 aromatic rings. The highest BCUT2D eigenvalue weighted by Gasteiger charge is 1.58. The van der Waals surface area contributed by atoms with Crippen LogP contribution in [0, 0.1) is 0 Å². The quantitative estimate of drug-likeness (QED) is 0.570. The summed E-state index contributed by atoms with van der Waals surface area (Å²) in [4.78, 5) is 2.00. The SMILES string of the molecule is CCC.CCCC.CN(C)C. The average molecular weight is 161 g/mol. The van der Waals surface area contributed by atoms with Gasteiger partial charge in [-0.2, -0.15) is 0 Å². The van der Waals surface area contributed by atoms with E-state index >= 15 is 0 Å². The predicted octanol–water partition coefficient (Wildman–Crippen LogP) is 3.40. The van der Waals surface area contributed by atoms with Gasteiger partial charge in [0.05, 0.1) is 0 Å². The van der Waals surface area contributed by atoms with Gasteiger partial charge in [-0.25, -0.2) is 0 Å². The lowest BCUT2D eigenvalue weighted by atomic mass is 10.4. The van der Waals surface area contributed by atoms with Crippen LogP contribution in [0.4, 0.5) is 0 Å². The van der Waals surface area contributed by atoms with Crippen molar-refractivity contribution in [1.29, 1.82) is 0 Å². The summed E-state index contributed by atoms with van der Waals surface area (Å²) < 4.78 is 0. The first-order chi connectivity index (χ1) is 5.06. The Kier molecular flexibility index (Phi) is 35.1. The molecule has 0 atom stereocenters. The maximum Gasteiger partial charge on any atom is -0.0140 e. The van der Waals surface area contributed by atoms with Crippen LogP contribution >= 0.6 is 0 Å². The summed E-state index contributed by atoms with van der Waals surface area (Å²) in [6.07, 6.45) is 3.89. The lowest BCUT2D eigenvalue weighted by Crippen LogP contribution is -1.99. The van der Waals surface area contributed by atoms with Crippen molar-refractivity contribution in [3.63, 3.8) is 0 Å². The van der Waals surface area contributed by atoms with E-state index in [4.69, 9.17) is 0 Å². The highest BCUT2D eigenvalue weighted by atomic mass is 15.0. The summed E-state index contributed by atoms with van der Waals surface area (Å²) in [6.45, 7) is 8.61. The molecule has 0 aliphatic rings. The van der Waals surface area contributed by atoms with Gasteiger partial charge in [0.1, 0.15) is 0 Å². The topological polar surface area (TPSA) is 3.24 Å². The van der Waals surface area contributed by atoms with E-state index in [1.807, 2.05) is 26.0 Å². The zero-order valence-corrected chi connectivity index (χ0v) is 9.57. The lowest BCUT2D eigenvalue weighted by Gasteiger charge is -1.90. The van der Waals surface area contributed by atoms with Crippen molar-refractivity contribution >= 4 is 0 Å². The predicted molar refractivity (Wildman–Crippen MR) is 56.2 cm³/mol. The zero-order chi connectivity index (χ0) is 9.70. The number of nitrogens with zero attached hydrogens (tertiary/aromatic N) is 1. The van der Waals surface area contributed by atoms with Crippen molar-refractivity contribution in [2.75, 3.05) is 21.1 Å². The highest BCUT2D eigenvalue weighted by Crippen LogP contribution is 1.76. The molecule has 0 aliphatic heterocycles. The Morgan fingerprint density at radius 3 is 0.818 bits per heavy atom. The highest BCUT2D eigenvalue weighted by molar-refractivity contribution is 4.12. The molecule has 0 N–H and O–H groups in total. The van der Waals surface area contributed by atoms with E-state index in [1.165, 1.54) is 19.3 Å². The summed E-state index contributed by atoms with van der Waals surface area (Å²) in [7, 11) is 6.00. The van der Waals surface area contributed by atoms with Crippen LogP contribution in [0.3, 0.4) is 0 Å². The summed E-state index contributed by atoms with van der Waals surface area (Å²) >= 11 is 0. The molecule has 0 unspecified atom stereocenters. The van der Waals surface area contributed by atoms with Gasteiger partial charge in [-0.1, -0.05) is 47.0 Å². The fourth-order valence-corrected chi connectivity index (χ4v) is 0. The Morgan fingerprint density at radius 2 is 0.818 bits per heavy atom. The minimum atomic E-state index is 1.25. The van der Waals surface area contributed by atoms with Crippen molar-refractivity contribution in [2.24, 2.45) is 0 Å². The van der Waals surface area contributed by atoms with Crippen LogP contribution in [0.1, 0.15) is 47.0 Å². The van der Waals surface area contributed by atoms with E-state index in [1.54, 1.807) is 0 Å². The Bertz CT molecular complexity index is 29.1. The van der Waals surface area contributed by atoms with E-state index in [9.17, 15) is 0 Å². The molecule has 0 spiro atoms. The van der Waals surface area contributed by atoms with Crippen LogP contribution in [0.25, 0.3) is 0 Å². The van der Waals surface area contributed by atoms with Crippen molar-refractivity contribution < 1.29 is 0 Å². The molecular weight excluding hydrogens is 134 g/mol. The van der Waals surface area contributed by atoms with Crippen LogP contribution in [0.15, 0.2) is 0 Å². The van der Waals surface area contributed by atoms with Gasteiger partial charge >= 0.3 is 0 Å². The van der Waals surface area contributed by atoms with Gasteiger partial charge in [-0.15, -0.1) is 0 Å². The van der Waals surface area contributed by atoms with Crippen molar-refractivity contribution in [3.8, 4) is 0 Å². The summed E-state index contributed by atoms with van der Waals surface area (Å²) in [5, 5.41) is 0. The molecule has 0 fully saturated rings. The second-order valence-corrected chi connectivity index (χ2v) is 3.05. The molecule has 0 aromatic heterocycles. The number of hydrogen-bond donors (Lipinski definition) is 0. The molecule has 72 valence electrons. The third-order valence-electron chi connectivity index (χ3n) is 0.500. The van der Waals surface area contributed by atoms with E-state index in [0.29, 0.717) is 0 Å². The fraction of sp³-hybridized carbons (Fsp3) is 1.00. The third kappa shape index (κ3) is 685. The van der Waals surface area contributed by atoms with Gasteiger partial charge in [-0.05, 0) is 21.1 Å². The van der Waals surface area contributed by atoms with Gasteiger partial charge < -0.3 is 4.90 Å². The van der Waals surface area contributed by atoms with Crippen LogP contribution in [0.5, 0.6) is 0 Å². The second-order valence-electron chi connectivity index (χ2n) is 3.05. The van der Waals surface area contributed by atoms with E-state index in [0.717, 1.165) is 0 Å². The molecule has 0 radical (unpaired) electrons. The summed E-state index contributed by atoms with van der Waals surface area (Å²) in [5.41, 5.74) is 0. The molecule has 0 bridgehead atoms. The number of rotatable bonds is 1. The van der Waals surface area contributed by atoms with Crippen LogP contribution in [0.2, 0.25) is 0 Å². The van der Waals surface area contributed by atoms with Gasteiger partial charge in [0, 0.05) is 0 Å². The van der Waals surface area contributed by atoms with Gasteiger partial charge in [0.2, 0.25) is 0 Å². The van der Waals surface area contributed by atoms with Gasteiger partial charge in [0.25, 0.3) is 0 Å². The Hall–Kier alpha value is -0.0400. The first-order valence-corrected chi connectivity index (χ1v) is 4.67. The molecular formula is C10H27N. The number of unbranched alkanes of at least 4 members (excludes halogenated alkanes) is 1. The third-order valence-corrected chi connectivity index (χ3v) is 0.500. The second kappa shape index (κ2) is 22.5. The van der Waals surface area contributed by atoms with E-state index < -0.39 is 0 Å². The molecule has 0 rings (SSSR count). The lowest BCUT2D eigenvalue weighted by molar-refractivity contribution is 0.505. The van der Waals surface area contributed by atoms with Crippen LogP contribution in [-0.4, -0.2) is 26.0 Å². The minimum absolute atomic E-state index is 1.25. The van der Waals surface area contributed by atoms with Crippen molar-refractivity contribution in [2.45, 2.75) is 47.0 Å². The van der Waals surface area contributed by atoms with Crippen LogP contribution < -0.4 is 0 Å². The number of hydrogen-bond acceptors (Lipinski definition) is 1. The van der Waals surface area contributed by atoms with Crippen molar-refractivity contribution in [1.82, 2.24) is 4.90 Å². The standard InChI is InChI=1S/C4H10.C3H9N.C3H8/c1-3-4-2;1-4(2)3;1-3-2/h3-4H2,1-2H3;1-3H3;3H2,1-2H3. The first kappa shape index (κ1) is 17.2. The average Bonchev–Trinajstić information content (AvgIpc) is 1.88. The zero-order valence-electron chi connectivity index (χ0n) is 9.57. The summed E-state index contributed by atoms with van der Waals surface area (Å²) in [5.74, 6) is 0. The van der Waals surface area contributed by atoms with Gasteiger partial charge in [0.15, 0.2) is 0 Å². The normalized spacial score (nSPS) is 7.64. The Labute approximate surface area is 73.8 Å². The molecule has 0 aromatic carbocycles. The summed E-state index contributed by atoms with van der Waals surface area (Å²) in [6, 6.07) is 0. The molecule has 0 saturated carbocycles. The molecule has 0 aliphatic carbocycles. The minimum Gasteiger partial charge on any atom is -0.312 e. The first-order valence-electron chi connectivity index (χ1n) is 4.67. The molecule has 0 heterocycles. The molecule has 0 saturated heterocycles. The van der Waals surface area contributed by atoms with Gasteiger partial charge in [-0.3, -0.25) is 0 Å². The smallest absolute Gasteiger partial charge is 0.0140 e. The Balaban J connectivity index is -0.0000000886. The molecule has 11 heavy (non-hydrogen) atoms. The monoisotopic (exact) mass is 161 g/mol. The maximum absolute atomic E-state index is 2.18. The van der Waals surface area contributed by atoms with Crippen LogP contribution in [-0.2, 0) is 0 Å². The van der Waals surface area contributed by atoms with Crippen molar-refractivity contribution in [3.05, 3.63) is 0 Å². The maximum atomic E-state index is 2.18.